The van der Waals surface area contributed by atoms with Gasteiger partial charge in [-0.05, 0) is 32.4 Å². The number of pyridine rings is 1. The summed E-state index contributed by atoms with van der Waals surface area (Å²) in [6.45, 7) is 6.50. The van der Waals surface area contributed by atoms with Gasteiger partial charge in [-0.1, -0.05) is 31.1 Å². The first-order chi connectivity index (χ1) is 12.1. The average molecular weight is 361 g/mol. The number of nitrogens with zero attached hydrogens (tertiary/aromatic N) is 3. The molecule has 0 aliphatic carbocycles. The van der Waals surface area contributed by atoms with E-state index in [2.05, 4.69) is 16.9 Å². The second-order valence-electron chi connectivity index (χ2n) is 5.53. The van der Waals surface area contributed by atoms with Crippen molar-refractivity contribution in [3.8, 4) is 0 Å². The molecule has 0 saturated carbocycles. The molecule has 0 atom stereocenters. The van der Waals surface area contributed by atoms with Crippen LogP contribution in [0.1, 0.15) is 58.8 Å². The van der Waals surface area contributed by atoms with Crippen molar-refractivity contribution < 1.29 is 14.3 Å². The van der Waals surface area contributed by atoms with Crippen LogP contribution in [0.4, 0.5) is 5.13 Å². The Labute approximate surface area is 151 Å². The molecule has 0 aromatic carbocycles. The predicted octanol–water partition coefficient (Wildman–Crippen LogP) is 3.86. The summed E-state index contributed by atoms with van der Waals surface area (Å²) in [5.74, 6) is -0.531. The number of anilines is 1. The zero-order valence-corrected chi connectivity index (χ0v) is 15.6. The minimum absolute atomic E-state index is 0.136. The second-order valence-corrected chi connectivity index (χ2v) is 6.51. The number of thiazole rings is 1. The highest BCUT2D eigenvalue weighted by Crippen LogP contribution is 2.28. The van der Waals surface area contributed by atoms with E-state index in [1.165, 1.54) is 11.3 Å². The smallest absolute Gasteiger partial charge is 0.350 e. The van der Waals surface area contributed by atoms with Gasteiger partial charge in [0.05, 0.1) is 12.3 Å². The fourth-order valence-corrected chi connectivity index (χ4v) is 3.32. The van der Waals surface area contributed by atoms with Crippen LogP contribution in [0.2, 0.25) is 0 Å². The standard InChI is InChI=1S/C18H23N3O3S/c1-4-6-7-12-21(16(22)14-8-10-19-11-9-14)18-20-13(3)15(25-18)17(23)24-5-2/h8-11H,4-7,12H2,1-3H3. The minimum Gasteiger partial charge on any atom is -0.462 e. The lowest BCUT2D eigenvalue weighted by Crippen LogP contribution is -2.31. The van der Waals surface area contributed by atoms with E-state index in [0.29, 0.717) is 34.4 Å². The van der Waals surface area contributed by atoms with Crippen molar-refractivity contribution in [3.63, 3.8) is 0 Å². The molecule has 0 radical (unpaired) electrons. The summed E-state index contributed by atoms with van der Waals surface area (Å²) in [6.07, 6.45) is 6.14. The van der Waals surface area contributed by atoms with Gasteiger partial charge >= 0.3 is 5.97 Å². The molecule has 2 rings (SSSR count). The number of esters is 1. The number of rotatable bonds is 8. The first-order valence-electron chi connectivity index (χ1n) is 8.44. The zero-order valence-electron chi connectivity index (χ0n) is 14.8. The molecule has 2 aromatic rings. The Bertz CT molecular complexity index is 716. The first-order valence-corrected chi connectivity index (χ1v) is 9.26. The number of amides is 1. The number of hydrogen-bond donors (Lipinski definition) is 0. The molecule has 25 heavy (non-hydrogen) atoms. The van der Waals surface area contributed by atoms with Gasteiger partial charge < -0.3 is 4.74 Å². The third kappa shape index (κ3) is 4.85. The van der Waals surface area contributed by atoms with Gasteiger partial charge in [-0.15, -0.1) is 0 Å². The Kier molecular flexibility index (Phi) is 7.06. The molecular weight excluding hydrogens is 338 g/mol. The maximum Gasteiger partial charge on any atom is 0.350 e. The molecule has 0 saturated heterocycles. The Morgan fingerprint density at radius 1 is 1.20 bits per heavy atom. The van der Waals surface area contributed by atoms with Crippen LogP contribution >= 0.6 is 11.3 Å². The van der Waals surface area contributed by atoms with Gasteiger partial charge in [0, 0.05) is 24.5 Å². The largest absolute Gasteiger partial charge is 0.462 e. The van der Waals surface area contributed by atoms with E-state index >= 15 is 0 Å². The number of carbonyl (C=O) groups excluding carboxylic acids is 2. The molecule has 2 aromatic heterocycles. The summed E-state index contributed by atoms with van der Waals surface area (Å²) >= 11 is 1.20. The van der Waals surface area contributed by atoms with E-state index in [4.69, 9.17) is 4.74 Å². The summed E-state index contributed by atoms with van der Waals surface area (Å²) in [4.78, 5) is 35.4. The van der Waals surface area contributed by atoms with Crippen molar-refractivity contribution >= 4 is 28.3 Å². The minimum atomic E-state index is -0.395. The molecule has 0 spiro atoms. The van der Waals surface area contributed by atoms with Gasteiger partial charge in [-0.2, -0.15) is 0 Å². The third-order valence-corrected chi connectivity index (χ3v) is 4.80. The normalized spacial score (nSPS) is 10.5. The average Bonchev–Trinajstić information content (AvgIpc) is 3.01. The van der Waals surface area contributed by atoms with E-state index in [-0.39, 0.29) is 5.91 Å². The molecule has 0 N–H and O–H groups in total. The van der Waals surface area contributed by atoms with Crippen LogP contribution in [0.25, 0.3) is 0 Å². The van der Waals surface area contributed by atoms with Gasteiger partial charge in [-0.25, -0.2) is 9.78 Å². The van der Waals surface area contributed by atoms with Crippen LogP contribution < -0.4 is 4.90 Å². The maximum atomic E-state index is 12.9. The molecule has 6 nitrogen and oxygen atoms in total. The van der Waals surface area contributed by atoms with E-state index < -0.39 is 5.97 Å². The third-order valence-electron chi connectivity index (χ3n) is 3.63. The lowest BCUT2D eigenvalue weighted by Gasteiger charge is -2.19. The highest BCUT2D eigenvalue weighted by Gasteiger charge is 2.24. The van der Waals surface area contributed by atoms with Crippen molar-refractivity contribution in [1.82, 2.24) is 9.97 Å². The van der Waals surface area contributed by atoms with Crippen LogP contribution in [-0.4, -0.2) is 35.0 Å². The molecule has 7 heteroatoms. The predicted molar refractivity (Wildman–Crippen MR) is 98.2 cm³/mol. The maximum absolute atomic E-state index is 12.9. The molecule has 0 bridgehead atoms. The van der Waals surface area contributed by atoms with Gasteiger partial charge in [0.25, 0.3) is 5.91 Å². The second kappa shape index (κ2) is 9.27. The molecule has 134 valence electrons. The number of hydrogen-bond acceptors (Lipinski definition) is 6. The summed E-state index contributed by atoms with van der Waals surface area (Å²) in [5, 5.41) is 0.526. The number of aryl methyl sites for hydroxylation is 1. The Balaban J connectivity index is 2.30. The number of aromatic nitrogens is 2. The van der Waals surface area contributed by atoms with E-state index in [9.17, 15) is 9.59 Å². The fourth-order valence-electron chi connectivity index (χ4n) is 2.34. The van der Waals surface area contributed by atoms with Crippen molar-refractivity contribution in [2.24, 2.45) is 0 Å². The van der Waals surface area contributed by atoms with Crippen molar-refractivity contribution in [3.05, 3.63) is 40.7 Å². The molecule has 0 fully saturated rings. The summed E-state index contributed by atoms with van der Waals surface area (Å²) in [5.41, 5.74) is 1.14. The Morgan fingerprint density at radius 3 is 2.56 bits per heavy atom. The first kappa shape index (κ1) is 19.1. The molecule has 0 unspecified atom stereocenters. The number of carbonyl (C=O) groups is 2. The Hall–Kier alpha value is -2.28. The molecular formula is C18H23N3O3S. The van der Waals surface area contributed by atoms with Crippen LogP contribution in [0.5, 0.6) is 0 Å². The quantitative estimate of drug-likeness (QED) is 0.527. The van der Waals surface area contributed by atoms with Crippen molar-refractivity contribution in [1.29, 1.82) is 0 Å². The van der Waals surface area contributed by atoms with Gasteiger partial charge in [0.1, 0.15) is 4.88 Å². The van der Waals surface area contributed by atoms with Crippen LogP contribution in [0, 0.1) is 6.92 Å². The van der Waals surface area contributed by atoms with E-state index in [1.807, 2.05) is 0 Å². The van der Waals surface area contributed by atoms with E-state index in [0.717, 1.165) is 19.3 Å². The highest BCUT2D eigenvalue weighted by atomic mass is 32.1. The zero-order chi connectivity index (χ0) is 18.2. The van der Waals surface area contributed by atoms with Gasteiger partial charge in [-0.3, -0.25) is 14.7 Å². The van der Waals surface area contributed by atoms with Crippen LogP contribution in [0.15, 0.2) is 24.5 Å². The number of unbranched alkanes of at least 4 members (excludes halogenated alkanes) is 2. The fraction of sp³-hybridized carbons (Fsp3) is 0.444. The molecule has 1 amide bonds. The van der Waals surface area contributed by atoms with Crippen LogP contribution in [-0.2, 0) is 4.74 Å². The van der Waals surface area contributed by atoms with Crippen molar-refractivity contribution in [2.75, 3.05) is 18.1 Å². The lowest BCUT2D eigenvalue weighted by molar-refractivity contribution is 0.0531. The lowest BCUT2D eigenvalue weighted by atomic mass is 10.2. The molecule has 2 heterocycles. The van der Waals surface area contributed by atoms with Gasteiger partial charge in [0.2, 0.25) is 0 Å². The van der Waals surface area contributed by atoms with E-state index in [1.54, 1.807) is 43.3 Å². The topological polar surface area (TPSA) is 72.4 Å². The van der Waals surface area contributed by atoms with Gasteiger partial charge in [0.15, 0.2) is 5.13 Å². The molecule has 0 aliphatic heterocycles. The monoisotopic (exact) mass is 361 g/mol. The van der Waals surface area contributed by atoms with Crippen molar-refractivity contribution in [2.45, 2.75) is 40.0 Å². The summed E-state index contributed by atoms with van der Waals surface area (Å²) in [7, 11) is 0. The SMILES string of the molecule is CCCCCN(C(=O)c1ccncc1)c1nc(C)c(C(=O)OCC)s1. The summed E-state index contributed by atoms with van der Waals surface area (Å²) < 4.78 is 5.07. The van der Waals surface area contributed by atoms with Crippen LogP contribution in [0.3, 0.4) is 0 Å². The molecule has 0 aliphatic rings. The Morgan fingerprint density at radius 2 is 1.92 bits per heavy atom. The highest BCUT2D eigenvalue weighted by molar-refractivity contribution is 7.17. The summed E-state index contributed by atoms with van der Waals surface area (Å²) in [6, 6.07) is 3.36. The number of ether oxygens (including phenoxy) is 1.